The van der Waals surface area contributed by atoms with Crippen molar-refractivity contribution in [3.05, 3.63) is 0 Å². The molecule has 0 heterocycles. The number of carbonyl (C=O) groups is 2. The monoisotopic (exact) mass is 229 g/mol. The van der Waals surface area contributed by atoms with E-state index in [0.29, 0.717) is 0 Å². The summed E-state index contributed by atoms with van der Waals surface area (Å²) in [6.07, 6.45) is 0. The van der Waals surface area contributed by atoms with Crippen LogP contribution in [0.3, 0.4) is 0 Å². The molecule has 0 saturated heterocycles. The Labute approximate surface area is 117 Å². The first kappa shape index (κ1) is 18.0. The summed E-state index contributed by atoms with van der Waals surface area (Å²) in [4.78, 5) is 19.2. The number of carboxylic acid groups (broad SMARTS) is 2. The van der Waals surface area contributed by atoms with Crippen LogP contribution in [-0.4, -0.2) is 25.0 Å². The van der Waals surface area contributed by atoms with Crippen molar-refractivity contribution in [2.75, 3.05) is 13.1 Å². The van der Waals surface area contributed by atoms with Crippen LogP contribution in [0.25, 0.3) is 0 Å². The Kier molecular flexibility index (Phi) is 18.0. The van der Waals surface area contributed by atoms with Gasteiger partial charge in [-0.1, -0.05) is 0 Å². The Morgan fingerprint density at radius 3 is 1.55 bits per heavy atom. The minimum absolute atomic E-state index is 0. The van der Waals surface area contributed by atoms with E-state index in [4.69, 9.17) is 0 Å². The van der Waals surface area contributed by atoms with Crippen molar-refractivity contribution in [1.82, 2.24) is 5.32 Å². The Morgan fingerprint density at radius 2 is 1.36 bits per heavy atom. The van der Waals surface area contributed by atoms with Crippen LogP contribution in [0, 0.1) is 0 Å². The second-order valence-corrected chi connectivity index (χ2v) is 1.35. The number of carboxylic acids is 2. The number of hydrogen-bond donors (Lipinski definition) is 1. The molecule has 59 valence electrons. The first-order valence-electron chi connectivity index (χ1n) is 2.23. The molecular weight excluding hydrogens is 224 g/mol. The summed E-state index contributed by atoms with van der Waals surface area (Å²) in [6, 6.07) is 0. The van der Waals surface area contributed by atoms with Crippen molar-refractivity contribution in [2.24, 2.45) is 0 Å². The summed E-state index contributed by atoms with van der Waals surface area (Å²) in [5.41, 5.74) is 0. The van der Waals surface area contributed by atoms with E-state index >= 15 is 0 Å². The van der Waals surface area contributed by atoms with Gasteiger partial charge in [0, 0.05) is 13.1 Å². The molecule has 0 amide bonds. The van der Waals surface area contributed by atoms with Crippen molar-refractivity contribution in [1.29, 1.82) is 0 Å². The predicted octanol–water partition coefficient (Wildman–Crippen LogP) is -6.92. The molecule has 0 aromatic carbocycles. The fraction of sp³-hybridized carbons (Fsp3) is 0.500. The number of carbonyl (C=O) groups excluding carboxylic acids is 2. The van der Waals surface area contributed by atoms with E-state index in [1.165, 1.54) is 0 Å². The molecular formula is C4H5CoKNO4+. The third-order valence-corrected chi connectivity index (χ3v) is 0.539. The van der Waals surface area contributed by atoms with Gasteiger partial charge in [-0.05, 0) is 0 Å². The van der Waals surface area contributed by atoms with Gasteiger partial charge in [-0.15, -0.1) is 0 Å². The first-order chi connectivity index (χ1) is 4.13. The van der Waals surface area contributed by atoms with E-state index in [-0.39, 0.29) is 68.2 Å². The Morgan fingerprint density at radius 1 is 1.09 bits per heavy atom. The van der Waals surface area contributed by atoms with Gasteiger partial charge in [0.15, 0.2) is 0 Å². The molecule has 0 aliphatic carbocycles. The van der Waals surface area contributed by atoms with E-state index in [9.17, 15) is 19.8 Å². The number of rotatable bonds is 4. The van der Waals surface area contributed by atoms with Crippen LogP contribution in [0.1, 0.15) is 0 Å². The molecule has 0 bridgehead atoms. The van der Waals surface area contributed by atoms with Crippen molar-refractivity contribution in [3.63, 3.8) is 0 Å². The molecule has 11 heavy (non-hydrogen) atoms. The minimum Gasteiger partial charge on any atom is -0.549 e. The Balaban J connectivity index is -0.000000320. The molecule has 0 aromatic rings. The summed E-state index contributed by atoms with van der Waals surface area (Å²) in [6.45, 7) is -0.929. The quantitative estimate of drug-likeness (QED) is 0.484. The topological polar surface area (TPSA) is 92.3 Å². The number of hydrogen-bond acceptors (Lipinski definition) is 5. The van der Waals surface area contributed by atoms with Crippen LogP contribution < -0.4 is 66.9 Å². The molecule has 7 heteroatoms. The molecule has 0 atom stereocenters. The zero-order chi connectivity index (χ0) is 7.28. The summed E-state index contributed by atoms with van der Waals surface area (Å²) >= 11 is 0. The van der Waals surface area contributed by atoms with Gasteiger partial charge < -0.3 is 25.1 Å². The van der Waals surface area contributed by atoms with Gasteiger partial charge in [0.2, 0.25) is 0 Å². The Bertz CT molecular complexity index is 117. The SMILES string of the molecule is O=C([O-])CNCC(=O)[O-].[Co+2].[K+]. The average molecular weight is 229 g/mol. The van der Waals surface area contributed by atoms with Crippen LogP contribution in [0.15, 0.2) is 0 Å². The van der Waals surface area contributed by atoms with E-state index in [2.05, 4.69) is 5.32 Å². The second kappa shape index (κ2) is 11.0. The van der Waals surface area contributed by atoms with Gasteiger partial charge in [0.1, 0.15) is 0 Å². The van der Waals surface area contributed by atoms with E-state index < -0.39 is 25.0 Å². The van der Waals surface area contributed by atoms with Gasteiger partial charge in [-0.25, -0.2) is 0 Å². The molecule has 0 aromatic heterocycles. The van der Waals surface area contributed by atoms with Crippen LogP contribution in [0.2, 0.25) is 0 Å². The zero-order valence-electron chi connectivity index (χ0n) is 5.88. The average Bonchev–Trinajstić information content (AvgIpc) is 1.63. The summed E-state index contributed by atoms with van der Waals surface area (Å²) in [7, 11) is 0. The smallest absolute Gasteiger partial charge is 0.549 e. The molecule has 5 nitrogen and oxygen atoms in total. The van der Waals surface area contributed by atoms with Crippen molar-refractivity contribution in [2.45, 2.75) is 0 Å². The largest absolute Gasteiger partial charge is 2.00 e. The minimum atomic E-state index is -1.34. The zero-order valence-corrected chi connectivity index (χ0v) is 10.0. The number of nitrogens with one attached hydrogen (secondary N) is 1. The van der Waals surface area contributed by atoms with Gasteiger partial charge in [0.05, 0.1) is 11.9 Å². The molecule has 0 rings (SSSR count). The Hall–Kier alpha value is 1.04. The molecule has 0 saturated carbocycles. The maximum Gasteiger partial charge on any atom is 2.00 e. The van der Waals surface area contributed by atoms with E-state index in [1.807, 2.05) is 0 Å². The molecule has 0 unspecified atom stereocenters. The van der Waals surface area contributed by atoms with Gasteiger partial charge in [-0.2, -0.15) is 0 Å². The number of aliphatic carboxylic acids is 2. The second-order valence-electron chi connectivity index (χ2n) is 1.35. The predicted molar refractivity (Wildman–Crippen MR) is 22.9 cm³/mol. The first-order valence-corrected chi connectivity index (χ1v) is 2.23. The standard InChI is InChI=1S/C4H7NO4.Co.K/c6-3(7)1-5-2-4(8)9;;/h5H,1-2H2,(H,6,7)(H,8,9);;/q;+2;+1/p-2. The molecule has 1 radical (unpaired) electrons. The van der Waals surface area contributed by atoms with Crippen molar-refractivity contribution in [3.8, 4) is 0 Å². The van der Waals surface area contributed by atoms with E-state index in [1.54, 1.807) is 0 Å². The summed E-state index contributed by atoms with van der Waals surface area (Å²) in [5, 5.41) is 21.2. The third kappa shape index (κ3) is 18.2. The van der Waals surface area contributed by atoms with Crippen molar-refractivity contribution < 1.29 is 88.0 Å². The van der Waals surface area contributed by atoms with Gasteiger partial charge in [0.25, 0.3) is 0 Å². The molecule has 0 spiro atoms. The molecule has 0 aliphatic rings. The van der Waals surface area contributed by atoms with Crippen LogP contribution in [-0.2, 0) is 26.4 Å². The fourth-order valence-electron chi connectivity index (χ4n) is 0.267. The fourth-order valence-corrected chi connectivity index (χ4v) is 0.267. The van der Waals surface area contributed by atoms with E-state index in [0.717, 1.165) is 0 Å². The van der Waals surface area contributed by atoms with Gasteiger partial charge >= 0.3 is 68.2 Å². The molecule has 0 fully saturated rings. The maximum atomic E-state index is 9.59. The molecule has 1 N–H and O–H groups in total. The van der Waals surface area contributed by atoms with Crippen LogP contribution >= 0.6 is 0 Å². The summed E-state index contributed by atoms with van der Waals surface area (Å²) in [5.74, 6) is -2.67. The van der Waals surface area contributed by atoms with Gasteiger partial charge in [-0.3, -0.25) is 0 Å². The maximum absolute atomic E-state index is 9.59. The van der Waals surface area contributed by atoms with Crippen molar-refractivity contribution >= 4 is 11.9 Å². The third-order valence-electron chi connectivity index (χ3n) is 0.539. The summed E-state index contributed by atoms with van der Waals surface area (Å²) < 4.78 is 0. The molecule has 0 aliphatic heterocycles. The normalized spacial score (nSPS) is 7.27. The van der Waals surface area contributed by atoms with Crippen LogP contribution in [0.4, 0.5) is 0 Å². The van der Waals surface area contributed by atoms with Crippen LogP contribution in [0.5, 0.6) is 0 Å².